The molecule has 5 rings (SSSR count). The highest BCUT2D eigenvalue weighted by atomic mass is 16.1. The lowest BCUT2D eigenvalue weighted by Gasteiger charge is -2.12. The van der Waals surface area contributed by atoms with Crippen LogP contribution in [0.15, 0.2) is 96.6 Å². The summed E-state index contributed by atoms with van der Waals surface area (Å²) in [5, 5.41) is 8.80. The van der Waals surface area contributed by atoms with Crippen molar-refractivity contribution < 1.29 is 4.79 Å². The van der Waals surface area contributed by atoms with Crippen molar-refractivity contribution in [2.75, 3.05) is 0 Å². The number of nitrogens with zero attached hydrogens (tertiary/aromatic N) is 5. The Balaban J connectivity index is 1.35. The van der Waals surface area contributed by atoms with E-state index in [1.165, 1.54) is 4.68 Å². The second-order valence-electron chi connectivity index (χ2n) is 7.93. The van der Waals surface area contributed by atoms with Gasteiger partial charge in [-0.1, -0.05) is 36.4 Å². The van der Waals surface area contributed by atoms with E-state index in [4.69, 9.17) is 0 Å². The molecule has 5 aromatic rings. The van der Waals surface area contributed by atoms with Gasteiger partial charge in [-0.05, 0) is 35.4 Å². The topological polar surface area (TPSA) is 94.7 Å². The van der Waals surface area contributed by atoms with Gasteiger partial charge in [0.1, 0.15) is 0 Å². The summed E-state index contributed by atoms with van der Waals surface area (Å²) in [5.41, 5.74) is 2.96. The second kappa shape index (κ2) is 9.50. The van der Waals surface area contributed by atoms with Gasteiger partial charge in [-0.3, -0.25) is 14.6 Å². The number of pyridine rings is 1. The molecule has 0 aliphatic heterocycles. The predicted octanol–water partition coefficient (Wildman–Crippen LogP) is 3.01. The molecule has 0 atom stereocenters. The lowest BCUT2D eigenvalue weighted by atomic mass is 10.1. The van der Waals surface area contributed by atoms with Crippen molar-refractivity contribution in [3.63, 3.8) is 0 Å². The number of hydrogen-bond acceptors (Lipinski definition) is 5. The van der Waals surface area contributed by atoms with Crippen LogP contribution in [0.5, 0.6) is 0 Å². The van der Waals surface area contributed by atoms with Gasteiger partial charge < -0.3 is 9.88 Å². The highest BCUT2D eigenvalue weighted by Crippen LogP contribution is 2.14. The molecule has 0 aliphatic carbocycles. The van der Waals surface area contributed by atoms with Crippen LogP contribution in [0, 0.1) is 0 Å². The molecule has 34 heavy (non-hydrogen) atoms. The van der Waals surface area contributed by atoms with Crippen molar-refractivity contribution >= 4 is 16.7 Å². The minimum absolute atomic E-state index is 0.178. The fourth-order valence-electron chi connectivity index (χ4n) is 3.83. The summed E-state index contributed by atoms with van der Waals surface area (Å²) in [4.78, 5) is 33.9. The van der Waals surface area contributed by atoms with Gasteiger partial charge in [0.25, 0.3) is 11.5 Å². The number of amides is 1. The Morgan fingerprint density at radius 1 is 0.853 bits per heavy atom. The van der Waals surface area contributed by atoms with Crippen LogP contribution >= 0.6 is 0 Å². The van der Waals surface area contributed by atoms with E-state index < -0.39 is 0 Å². The first kappa shape index (κ1) is 21.3. The van der Waals surface area contributed by atoms with Crippen molar-refractivity contribution in [1.82, 2.24) is 29.6 Å². The number of rotatable bonds is 7. The van der Waals surface area contributed by atoms with Crippen molar-refractivity contribution in [3.8, 4) is 0 Å². The van der Waals surface area contributed by atoms with Crippen LogP contribution in [-0.4, -0.2) is 30.2 Å². The van der Waals surface area contributed by atoms with E-state index in [1.807, 2.05) is 53.2 Å². The minimum Gasteiger partial charge on any atom is -0.346 e. The first-order valence-electron chi connectivity index (χ1n) is 10.9. The van der Waals surface area contributed by atoms with Crippen LogP contribution in [0.2, 0.25) is 0 Å². The molecule has 0 unspecified atom stereocenters. The average molecular weight is 451 g/mol. The number of imidazole rings is 1. The zero-order chi connectivity index (χ0) is 23.3. The smallest absolute Gasteiger partial charge is 0.274 e. The largest absolute Gasteiger partial charge is 0.346 e. The summed E-state index contributed by atoms with van der Waals surface area (Å²) in [6.45, 7) is 1.19. The number of fused-ring (bicyclic) bond motifs is 1. The van der Waals surface area contributed by atoms with Crippen molar-refractivity contribution in [1.29, 1.82) is 0 Å². The summed E-state index contributed by atoms with van der Waals surface area (Å²) in [6.07, 6.45) is 8.78. The highest BCUT2D eigenvalue weighted by molar-refractivity contribution is 5.94. The van der Waals surface area contributed by atoms with E-state index in [-0.39, 0.29) is 18.0 Å². The van der Waals surface area contributed by atoms with Gasteiger partial charge >= 0.3 is 0 Å². The molecule has 0 saturated carbocycles. The monoisotopic (exact) mass is 450 g/mol. The molecule has 3 heterocycles. The molecule has 1 N–H and O–H groups in total. The molecule has 0 radical (unpaired) electrons. The molecule has 168 valence electrons. The molecule has 1 amide bonds. The Morgan fingerprint density at radius 3 is 2.41 bits per heavy atom. The van der Waals surface area contributed by atoms with Gasteiger partial charge in [-0.25, -0.2) is 9.67 Å². The lowest BCUT2D eigenvalue weighted by Crippen LogP contribution is -2.29. The third-order valence-corrected chi connectivity index (χ3v) is 5.56. The van der Waals surface area contributed by atoms with Gasteiger partial charge in [0, 0.05) is 42.3 Å². The third-order valence-electron chi connectivity index (χ3n) is 5.56. The standard InChI is InChI=1S/C26H22N6O2/c33-25(21-9-7-19(8-10-21)16-31-13-12-28-18-31)29-15-24-22-5-1-2-6-23(22)26(34)32(30-24)17-20-4-3-11-27-14-20/h1-14,18H,15-17H2,(H,29,33). The van der Waals surface area contributed by atoms with Crippen molar-refractivity contribution in [2.24, 2.45) is 0 Å². The maximum Gasteiger partial charge on any atom is 0.274 e. The second-order valence-corrected chi connectivity index (χ2v) is 7.93. The van der Waals surface area contributed by atoms with E-state index in [2.05, 4.69) is 20.4 Å². The molecule has 8 heteroatoms. The molecule has 0 aliphatic rings. The van der Waals surface area contributed by atoms with Crippen LogP contribution < -0.4 is 10.9 Å². The van der Waals surface area contributed by atoms with E-state index >= 15 is 0 Å². The summed E-state index contributed by atoms with van der Waals surface area (Å²) < 4.78 is 3.39. The van der Waals surface area contributed by atoms with E-state index in [0.717, 1.165) is 16.5 Å². The van der Waals surface area contributed by atoms with Crippen LogP contribution in [0.1, 0.15) is 27.2 Å². The number of benzene rings is 2. The zero-order valence-corrected chi connectivity index (χ0v) is 18.3. The molecule has 0 spiro atoms. The molecular formula is C26H22N6O2. The molecule has 0 saturated heterocycles. The molecule has 8 nitrogen and oxygen atoms in total. The molecule has 0 fully saturated rings. The summed E-state index contributed by atoms with van der Waals surface area (Å²) in [5.74, 6) is -0.204. The first-order valence-corrected chi connectivity index (χ1v) is 10.9. The van der Waals surface area contributed by atoms with E-state index in [0.29, 0.717) is 29.7 Å². The maximum atomic E-state index is 13.0. The summed E-state index contributed by atoms with van der Waals surface area (Å²) >= 11 is 0. The normalized spacial score (nSPS) is 10.9. The number of carbonyl (C=O) groups is 1. The fourth-order valence-corrected chi connectivity index (χ4v) is 3.83. The van der Waals surface area contributed by atoms with Gasteiger partial charge in [0.05, 0.1) is 30.5 Å². The van der Waals surface area contributed by atoms with Crippen LogP contribution in [-0.2, 0) is 19.6 Å². The van der Waals surface area contributed by atoms with E-state index in [1.54, 1.807) is 43.1 Å². The highest BCUT2D eigenvalue weighted by Gasteiger charge is 2.13. The fraction of sp³-hybridized carbons (Fsp3) is 0.115. The molecule has 0 bridgehead atoms. The third kappa shape index (κ3) is 4.61. The Hall–Kier alpha value is -4.59. The lowest BCUT2D eigenvalue weighted by molar-refractivity contribution is 0.0950. The summed E-state index contributed by atoms with van der Waals surface area (Å²) in [7, 11) is 0. The summed E-state index contributed by atoms with van der Waals surface area (Å²) in [6, 6.07) is 18.5. The zero-order valence-electron chi connectivity index (χ0n) is 18.3. The Kier molecular flexibility index (Phi) is 5.94. The molecule has 2 aromatic carbocycles. The SMILES string of the molecule is O=C(NCc1nn(Cc2cccnc2)c(=O)c2ccccc12)c1ccc(Cn2ccnc2)cc1. The Morgan fingerprint density at radius 2 is 1.68 bits per heavy atom. The minimum atomic E-state index is -0.204. The van der Waals surface area contributed by atoms with Gasteiger partial charge in [0.15, 0.2) is 0 Å². The van der Waals surface area contributed by atoms with Gasteiger partial charge in [0.2, 0.25) is 0 Å². The molecular weight excluding hydrogens is 428 g/mol. The van der Waals surface area contributed by atoms with Crippen molar-refractivity contribution in [3.05, 3.63) is 125 Å². The first-order chi connectivity index (χ1) is 16.7. The Bertz CT molecular complexity index is 1480. The number of nitrogens with one attached hydrogen (secondary N) is 1. The quantitative estimate of drug-likeness (QED) is 0.411. The van der Waals surface area contributed by atoms with Crippen LogP contribution in [0.4, 0.5) is 0 Å². The average Bonchev–Trinajstić information content (AvgIpc) is 3.39. The van der Waals surface area contributed by atoms with Crippen LogP contribution in [0.3, 0.4) is 0 Å². The van der Waals surface area contributed by atoms with Crippen molar-refractivity contribution in [2.45, 2.75) is 19.6 Å². The number of aromatic nitrogens is 5. The van der Waals surface area contributed by atoms with E-state index in [9.17, 15) is 9.59 Å². The van der Waals surface area contributed by atoms with Gasteiger partial charge in [-0.2, -0.15) is 5.10 Å². The van der Waals surface area contributed by atoms with Crippen LogP contribution in [0.25, 0.3) is 10.8 Å². The Labute approximate surface area is 195 Å². The maximum absolute atomic E-state index is 13.0. The number of carbonyl (C=O) groups excluding carboxylic acids is 1. The molecule has 3 aromatic heterocycles. The number of hydrogen-bond donors (Lipinski definition) is 1. The predicted molar refractivity (Wildman–Crippen MR) is 128 cm³/mol. The van der Waals surface area contributed by atoms with Gasteiger partial charge in [-0.15, -0.1) is 0 Å².